The van der Waals surface area contributed by atoms with Crippen molar-refractivity contribution < 1.29 is 38.7 Å². The third kappa shape index (κ3) is 4.71. The van der Waals surface area contributed by atoms with Gasteiger partial charge >= 0.3 is 11.9 Å². The molecule has 8 heteroatoms. The van der Waals surface area contributed by atoms with Crippen molar-refractivity contribution in [3.8, 4) is 0 Å². The predicted octanol–water partition coefficient (Wildman–Crippen LogP) is 1.73. The highest BCUT2D eigenvalue weighted by molar-refractivity contribution is 6.15. The van der Waals surface area contributed by atoms with Gasteiger partial charge in [0, 0.05) is 27.7 Å². The van der Waals surface area contributed by atoms with E-state index in [2.05, 4.69) is 0 Å². The van der Waals surface area contributed by atoms with E-state index in [0.717, 1.165) is 0 Å². The molecule has 0 spiro atoms. The van der Waals surface area contributed by atoms with Crippen molar-refractivity contribution in [1.29, 1.82) is 0 Å². The molecule has 2 heterocycles. The molecule has 2 rings (SSSR count). The Labute approximate surface area is 144 Å². The second-order valence-corrected chi connectivity index (χ2v) is 6.24. The number of cyclic esters (lactones) is 2. The van der Waals surface area contributed by atoms with E-state index in [1.165, 1.54) is 44.2 Å². The van der Waals surface area contributed by atoms with E-state index in [9.17, 15) is 19.8 Å². The molecule has 0 aromatic carbocycles. The summed E-state index contributed by atoms with van der Waals surface area (Å²) in [5.74, 6) is -4.43. The molecule has 1 atom stereocenters. The summed E-state index contributed by atoms with van der Waals surface area (Å²) >= 11 is 0. The van der Waals surface area contributed by atoms with Gasteiger partial charge in [-0.05, 0) is 12.2 Å². The highest BCUT2D eigenvalue weighted by atomic mass is 16.8. The number of aliphatic hydroxyl groups excluding tert-OH is 2. The molecule has 0 radical (unpaired) electrons. The first-order valence-corrected chi connectivity index (χ1v) is 7.50. The smallest absolute Gasteiger partial charge is 0.348 e. The summed E-state index contributed by atoms with van der Waals surface area (Å²) in [5, 5.41) is 19.6. The van der Waals surface area contributed by atoms with Crippen molar-refractivity contribution in [1.82, 2.24) is 0 Å². The summed E-state index contributed by atoms with van der Waals surface area (Å²) in [7, 11) is 0. The van der Waals surface area contributed by atoms with E-state index >= 15 is 0 Å². The second kappa shape index (κ2) is 6.73. The van der Waals surface area contributed by atoms with Crippen LogP contribution in [0, 0.1) is 0 Å². The Morgan fingerprint density at radius 1 is 0.920 bits per heavy atom. The number of aliphatic hydroxyl groups is 2. The van der Waals surface area contributed by atoms with Crippen LogP contribution in [-0.2, 0) is 28.5 Å². The van der Waals surface area contributed by atoms with E-state index in [1.807, 2.05) is 0 Å². The van der Waals surface area contributed by atoms with Gasteiger partial charge in [-0.3, -0.25) is 0 Å². The van der Waals surface area contributed by atoms with E-state index in [4.69, 9.17) is 18.9 Å². The third-order valence-electron chi connectivity index (χ3n) is 3.13. The molecule has 0 saturated carbocycles. The number of rotatable bonds is 3. The number of allylic oxidation sites excluding steroid dienone is 4. The lowest BCUT2D eigenvalue weighted by Crippen LogP contribution is -2.41. The van der Waals surface area contributed by atoms with Gasteiger partial charge in [-0.2, -0.15) is 0 Å². The maximum atomic E-state index is 11.7. The lowest BCUT2D eigenvalue weighted by atomic mass is 10.2. The molecule has 2 aliphatic rings. The fourth-order valence-corrected chi connectivity index (χ4v) is 2.08. The van der Waals surface area contributed by atoms with Crippen molar-refractivity contribution in [3.05, 3.63) is 47.5 Å². The van der Waals surface area contributed by atoms with Crippen LogP contribution in [-0.4, -0.2) is 40.0 Å². The summed E-state index contributed by atoms with van der Waals surface area (Å²) < 4.78 is 20.2. The van der Waals surface area contributed by atoms with Gasteiger partial charge < -0.3 is 29.2 Å². The molecule has 1 fully saturated rings. The Balaban J connectivity index is 2.05. The zero-order chi connectivity index (χ0) is 18.8. The Bertz CT molecular complexity index is 671. The highest BCUT2D eigenvalue weighted by Crippen LogP contribution is 2.28. The molecule has 2 aliphatic heterocycles. The zero-order valence-corrected chi connectivity index (χ0v) is 14.3. The SMILES string of the molecule is CC1(C)OC(=O)C(=C/C=C/C=C/C2=C(O)OC(C)(C)OC2O)C(=O)O1. The molecule has 0 aliphatic carbocycles. The van der Waals surface area contributed by atoms with E-state index in [0.29, 0.717) is 0 Å². The van der Waals surface area contributed by atoms with Crippen LogP contribution in [0.4, 0.5) is 0 Å². The monoisotopic (exact) mass is 352 g/mol. The molecule has 1 saturated heterocycles. The van der Waals surface area contributed by atoms with Gasteiger partial charge in [0.2, 0.25) is 5.79 Å². The van der Waals surface area contributed by atoms with Gasteiger partial charge in [0.1, 0.15) is 5.57 Å². The molecule has 136 valence electrons. The van der Waals surface area contributed by atoms with Gasteiger partial charge in [0.25, 0.3) is 11.7 Å². The molecule has 0 amide bonds. The first-order chi connectivity index (χ1) is 11.5. The predicted molar refractivity (Wildman–Crippen MR) is 84.5 cm³/mol. The minimum Gasteiger partial charge on any atom is -0.481 e. The molecular formula is C17H20O8. The van der Waals surface area contributed by atoms with Crippen LogP contribution in [0.1, 0.15) is 27.7 Å². The second-order valence-electron chi connectivity index (χ2n) is 6.24. The number of hydrogen-bond donors (Lipinski definition) is 2. The molecule has 0 aromatic rings. The lowest BCUT2D eigenvalue weighted by molar-refractivity contribution is -0.287. The topological polar surface area (TPSA) is 112 Å². The van der Waals surface area contributed by atoms with Gasteiger partial charge in [0.05, 0.1) is 5.57 Å². The largest absolute Gasteiger partial charge is 0.481 e. The quantitative estimate of drug-likeness (QED) is 0.342. The first kappa shape index (κ1) is 18.8. The Hall–Kier alpha value is -2.58. The maximum absolute atomic E-state index is 11.7. The lowest BCUT2D eigenvalue weighted by Gasteiger charge is -2.33. The van der Waals surface area contributed by atoms with E-state index in [-0.39, 0.29) is 11.1 Å². The van der Waals surface area contributed by atoms with E-state index in [1.54, 1.807) is 13.8 Å². The van der Waals surface area contributed by atoms with Gasteiger partial charge in [0.15, 0.2) is 6.29 Å². The average molecular weight is 352 g/mol. The zero-order valence-electron chi connectivity index (χ0n) is 14.3. The first-order valence-electron chi connectivity index (χ1n) is 7.50. The standard InChI is InChI=1S/C17H20O8/c1-16(2)22-12(18)10(13(19)23-16)8-6-5-7-9-11-14(20)24-17(3,4)25-15(11)21/h5-9,12,18-19H,1-4H3/b7-5+,8-6+. The average Bonchev–Trinajstić information content (AvgIpc) is 2.40. The molecule has 0 aromatic heterocycles. The summed E-state index contributed by atoms with van der Waals surface area (Å²) in [6, 6.07) is 0. The molecule has 25 heavy (non-hydrogen) atoms. The summed E-state index contributed by atoms with van der Waals surface area (Å²) in [6.45, 7) is 6.00. The van der Waals surface area contributed by atoms with Crippen molar-refractivity contribution in [2.45, 2.75) is 45.6 Å². The van der Waals surface area contributed by atoms with Crippen molar-refractivity contribution >= 4 is 11.9 Å². The number of esters is 2. The fraction of sp³-hybridized carbons (Fsp3) is 0.412. The number of ether oxygens (including phenoxy) is 4. The molecule has 8 nitrogen and oxygen atoms in total. The van der Waals surface area contributed by atoms with Gasteiger partial charge in [-0.1, -0.05) is 18.2 Å². The van der Waals surface area contributed by atoms with Gasteiger partial charge in [-0.25, -0.2) is 9.59 Å². The van der Waals surface area contributed by atoms with Crippen LogP contribution in [0.2, 0.25) is 0 Å². The van der Waals surface area contributed by atoms with Crippen molar-refractivity contribution in [2.24, 2.45) is 0 Å². The van der Waals surface area contributed by atoms with Crippen LogP contribution in [0.25, 0.3) is 0 Å². The molecule has 0 bridgehead atoms. The molecule has 2 N–H and O–H groups in total. The van der Waals surface area contributed by atoms with Crippen LogP contribution >= 0.6 is 0 Å². The van der Waals surface area contributed by atoms with Crippen LogP contribution in [0.5, 0.6) is 0 Å². The van der Waals surface area contributed by atoms with Gasteiger partial charge in [-0.15, -0.1) is 0 Å². The third-order valence-corrected chi connectivity index (χ3v) is 3.13. The van der Waals surface area contributed by atoms with E-state index < -0.39 is 35.7 Å². The van der Waals surface area contributed by atoms with Crippen molar-refractivity contribution in [2.75, 3.05) is 0 Å². The Kier molecular flexibility index (Phi) is 5.05. The highest BCUT2D eigenvalue weighted by Gasteiger charge is 2.38. The van der Waals surface area contributed by atoms with Crippen LogP contribution in [0.3, 0.4) is 0 Å². The van der Waals surface area contributed by atoms with Crippen LogP contribution < -0.4 is 0 Å². The Morgan fingerprint density at radius 3 is 2.08 bits per heavy atom. The number of hydrogen-bond acceptors (Lipinski definition) is 8. The van der Waals surface area contributed by atoms with Crippen LogP contribution in [0.15, 0.2) is 47.5 Å². The molecular weight excluding hydrogens is 332 g/mol. The minimum absolute atomic E-state index is 0.0369. The minimum atomic E-state index is -1.35. The van der Waals surface area contributed by atoms with Crippen molar-refractivity contribution in [3.63, 3.8) is 0 Å². The summed E-state index contributed by atoms with van der Waals surface area (Å²) in [4.78, 5) is 23.5. The summed E-state index contributed by atoms with van der Waals surface area (Å²) in [6.07, 6.45) is 5.60. The maximum Gasteiger partial charge on any atom is 0.348 e. The summed E-state index contributed by atoms with van der Waals surface area (Å²) in [5.41, 5.74) is -0.202. The normalized spacial score (nSPS) is 25.8. The Morgan fingerprint density at radius 2 is 1.52 bits per heavy atom. The number of carbonyl (C=O) groups is 2. The number of carbonyl (C=O) groups excluding carboxylic acids is 2. The fourth-order valence-electron chi connectivity index (χ4n) is 2.08. The molecule has 1 unspecified atom stereocenters.